The first-order valence-corrected chi connectivity index (χ1v) is 7.86. The van der Waals surface area contributed by atoms with Gasteiger partial charge in [-0.25, -0.2) is 9.78 Å². The van der Waals surface area contributed by atoms with Crippen molar-refractivity contribution in [3.05, 3.63) is 10.0 Å². The molecule has 4 nitrogen and oxygen atoms in total. The van der Waals surface area contributed by atoms with Crippen molar-refractivity contribution in [2.75, 3.05) is 12.4 Å². The Bertz CT molecular complexity index is 450. The van der Waals surface area contributed by atoms with Crippen molar-refractivity contribution in [3.63, 3.8) is 0 Å². The van der Waals surface area contributed by atoms with Gasteiger partial charge in [-0.05, 0) is 18.8 Å². The fourth-order valence-corrected chi connectivity index (χ4v) is 3.79. The third-order valence-electron chi connectivity index (χ3n) is 3.70. The second-order valence-electron chi connectivity index (χ2n) is 4.83. The van der Waals surface area contributed by atoms with Gasteiger partial charge in [-0.1, -0.05) is 49.1 Å². The summed E-state index contributed by atoms with van der Waals surface area (Å²) in [6.45, 7) is 2.22. The molecule has 2 rings (SSSR count). The number of hydrogen-bond acceptors (Lipinski definition) is 5. The van der Waals surface area contributed by atoms with Crippen LogP contribution in [0, 0.1) is 5.92 Å². The van der Waals surface area contributed by atoms with E-state index in [1.165, 1.54) is 44.1 Å². The number of hydrogen-bond donors (Lipinski definition) is 1. The molecule has 0 spiro atoms. The summed E-state index contributed by atoms with van der Waals surface area (Å²) in [6.07, 6.45) is 6.14. The van der Waals surface area contributed by atoms with Gasteiger partial charge in [0.2, 0.25) is 0 Å². The SMILES string of the molecule is CCC1CCCCC1Nc1nc(Cl)c(C(=O)OC)s1. The van der Waals surface area contributed by atoms with Crippen molar-refractivity contribution in [3.8, 4) is 0 Å². The Hall–Kier alpha value is -0.810. The van der Waals surface area contributed by atoms with Gasteiger partial charge in [-0.15, -0.1) is 0 Å². The maximum absolute atomic E-state index is 11.5. The molecule has 1 heterocycles. The summed E-state index contributed by atoms with van der Waals surface area (Å²) >= 11 is 7.23. The lowest BCUT2D eigenvalue weighted by molar-refractivity contribution is 0.0606. The Kier molecular flexibility index (Phi) is 5.05. The van der Waals surface area contributed by atoms with Crippen molar-refractivity contribution in [1.82, 2.24) is 4.98 Å². The summed E-state index contributed by atoms with van der Waals surface area (Å²) in [5.41, 5.74) is 0. The largest absolute Gasteiger partial charge is 0.465 e. The number of halogens is 1. The minimum absolute atomic E-state index is 0.225. The predicted molar refractivity (Wildman–Crippen MR) is 78.1 cm³/mol. The van der Waals surface area contributed by atoms with E-state index in [1.807, 2.05) is 0 Å². The van der Waals surface area contributed by atoms with Crippen LogP contribution in [0.2, 0.25) is 5.15 Å². The van der Waals surface area contributed by atoms with Crippen LogP contribution in [0.5, 0.6) is 0 Å². The smallest absolute Gasteiger partial charge is 0.351 e. The zero-order valence-corrected chi connectivity index (χ0v) is 12.8. The van der Waals surface area contributed by atoms with E-state index in [0.29, 0.717) is 16.8 Å². The molecular weight excluding hydrogens is 284 g/mol. The number of carbonyl (C=O) groups is 1. The van der Waals surface area contributed by atoms with Crippen LogP contribution < -0.4 is 5.32 Å². The number of esters is 1. The molecule has 0 radical (unpaired) electrons. The highest BCUT2D eigenvalue weighted by Gasteiger charge is 2.25. The van der Waals surface area contributed by atoms with E-state index in [9.17, 15) is 4.79 Å². The standard InChI is InChI=1S/C13H19ClN2O2S/c1-3-8-6-4-5-7-9(8)15-13-16-11(14)10(19-13)12(17)18-2/h8-9H,3-7H2,1-2H3,(H,15,16). The van der Waals surface area contributed by atoms with Crippen LogP contribution in [0.25, 0.3) is 0 Å². The molecule has 1 aliphatic rings. The Balaban J connectivity index is 2.08. The Morgan fingerprint density at radius 2 is 2.26 bits per heavy atom. The van der Waals surface area contributed by atoms with Crippen LogP contribution in [-0.2, 0) is 4.74 Å². The fraction of sp³-hybridized carbons (Fsp3) is 0.692. The Labute approximate surface area is 122 Å². The second kappa shape index (κ2) is 6.57. The molecule has 106 valence electrons. The maximum Gasteiger partial charge on any atom is 0.351 e. The van der Waals surface area contributed by atoms with Crippen LogP contribution in [0.4, 0.5) is 5.13 Å². The maximum atomic E-state index is 11.5. The molecule has 2 atom stereocenters. The molecule has 1 aromatic rings. The summed E-state index contributed by atoms with van der Waals surface area (Å²) in [7, 11) is 1.35. The predicted octanol–water partition coefficient (Wildman–Crippen LogP) is 3.96. The van der Waals surface area contributed by atoms with Gasteiger partial charge in [0.25, 0.3) is 0 Å². The van der Waals surface area contributed by atoms with Crippen LogP contribution in [-0.4, -0.2) is 24.1 Å². The van der Waals surface area contributed by atoms with Crippen molar-refractivity contribution < 1.29 is 9.53 Å². The number of nitrogens with one attached hydrogen (secondary N) is 1. The van der Waals surface area contributed by atoms with E-state index in [4.69, 9.17) is 11.6 Å². The number of ether oxygens (including phenoxy) is 1. The third-order valence-corrected chi connectivity index (χ3v) is 5.05. The van der Waals surface area contributed by atoms with Crippen molar-refractivity contribution in [1.29, 1.82) is 0 Å². The average molecular weight is 303 g/mol. The lowest BCUT2D eigenvalue weighted by atomic mass is 9.83. The van der Waals surface area contributed by atoms with E-state index in [1.54, 1.807) is 0 Å². The fourth-order valence-electron chi connectivity index (χ4n) is 2.63. The molecule has 19 heavy (non-hydrogen) atoms. The van der Waals surface area contributed by atoms with Crippen LogP contribution in [0.1, 0.15) is 48.7 Å². The quantitative estimate of drug-likeness (QED) is 0.855. The molecule has 6 heteroatoms. The number of thiazole rings is 1. The van der Waals surface area contributed by atoms with Gasteiger partial charge in [0.05, 0.1) is 7.11 Å². The summed E-state index contributed by atoms with van der Waals surface area (Å²) in [6, 6.07) is 0.437. The monoisotopic (exact) mass is 302 g/mol. The highest BCUT2D eigenvalue weighted by Crippen LogP contribution is 2.33. The van der Waals surface area contributed by atoms with Crippen molar-refractivity contribution in [2.45, 2.75) is 45.1 Å². The highest BCUT2D eigenvalue weighted by atomic mass is 35.5. The molecule has 0 saturated heterocycles. The minimum Gasteiger partial charge on any atom is -0.465 e. The Morgan fingerprint density at radius 3 is 2.95 bits per heavy atom. The van der Waals surface area contributed by atoms with Crippen LogP contribution >= 0.6 is 22.9 Å². The topological polar surface area (TPSA) is 51.2 Å². The number of rotatable bonds is 4. The van der Waals surface area contributed by atoms with Gasteiger partial charge in [-0.2, -0.15) is 0 Å². The van der Waals surface area contributed by atoms with Gasteiger partial charge >= 0.3 is 5.97 Å². The Morgan fingerprint density at radius 1 is 1.53 bits per heavy atom. The number of methoxy groups -OCH3 is 1. The van der Waals surface area contributed by atoms with E-state index in [-0.39, 0.29) is 5.15 Å². The van der Waals surface area contributed by atoms with E-state index in [2.05, 4.69) is 22.0 Å². The number of anilines is 1. The zero-order chi connectivity index (χ0) is 13.8. The van der Waals surface area contributed by atoms with Crippen LogP contribution in [0.3, 0.4) is 0 Å². The van der Waals surface area contributed by atoms with Gasteiger partial charge in [-0.3, -0.25) is 0 Å². The molecule has 0 aromatic carbocycles. The number of aromatic nitrogens is 1. The van der Waals surface area contributed by atoms with Crippen molar-refractivity contribution in [2.24, 2.45) is 5.92 Å². The van der Waals surface area contributed by atoms with Crippen molar-refractivity contribution >= 4 is 34.0 Å². The van der Waals surface area contributed by atoms with Gasteiger partial charge in [0, 0.05) is 6.04 Å². The molecule has 1 N–H and O–H groups in total. The van der Waals surface area contributed by atoms with E-state index >= 15 is 0 Å². The normalized spacial score (nSPS) is 23.1. The van der Waals surface area contributed by atoms with E-state index < -0.39 is 5.97 Å². The first-order valence-electron chi connectivity index (χ1n) is 6.66. The number of nitrogens with zero attached hydrogens (tertiary/aromatic N) is 1. The first kappa shape index (κ1) is 14.6. The lowest BCUT2D eigenvalue weighted by Crippen LogP contribution is -2.31. The first-order chi connectivity index (χ1) is 9.15. The van der Waals surface area contributed by atoms with Gasteiger partial charge in [0.1, 0.15) is 0 Å². The van der Waals surface area contributed by atoms with Gasteiger partial charge in [0.15, 0.2) is 15.2 Å². The molecule has 1 fully saturated rings. The summed E-state index contributed by atoms with van der Waals surface area (Å²) < 4.78 is 4.68. The summed E-state index contributed by atoms with van der Waals surface area (Å²) in [4.78, 5) is 16.1. The molecular formula is C13H19ClN2O2S. The molecule has 2 unspecified atom stereocenters. The second-order valence-corrected chi connectivity index (χ2v) is 6.19. The van der Waals surface area contributed by atoms with Crippen LogP contribution in [0.15, 0.2) is 0 Å². The summed E-state index contributed by atoms with van der Waals surface area (Å²) in [5.74, 6) is 0.254. The molecule has 1 aromatic heterocycles. The van der Waals surface area contributed by atoms with Gasteiger partial charge < -0.3 is 10.1 Å². The minimum atomic E-state index is -0.425. The molecule has 0 aliphatic heterocycles. The molecule has 0 amide bonds. The zero-order valence-electron chi connectivity index (χ0n) is 11.2. The third kappa shape index (κ3) is 3.39. The highest BCUT2D eigenvalue weighted by molar-refractivity contribution is 7.18. The van der Waals surface area contributed by atoms with E-state index in [0.717, 1.165) is 11.6 Å². The lowest BCUT2D eigenvalue weighted by Gasteiger charge is -2.31. The molecule has 1 aliphatic carbocycles. The molecule has 1 saturated carbocycles. The molecule has 0 bridgehead atoms. The average Bonchev–Trinajstić information content (AvgIpc) is 2.79. The number of carbonyl (C=O) groups excluding carboxylic acids is 1. The summed E-state index contributed by atoms with van der Waals surface area (Å²) in [5, 5.41) is 4.38.